The second-order valence-corrected chi connectivity index (χ2v) is 4.80. The molecule has 0 N–H and O–H groups in total. The van der Waals surface area contributed by atoms with Crippen LogP contribution in [0.1, 0.15) is 30.1 Å². The predicted octanol–water partition coefficient (Wildman–Crippen LogP) is 2.41. The number of ether oxygens (including phenoxy) is 1. The quantitative estimate of drug-likeness (QED) is 0.454. The van der Waals surface area contributed by atoms with Gasteiger partial charge < -0.3 is 9.64 Å². The van der Waals surface area contributed by atoms with Crippen molar-refractivity contribution in [2.75, 3.05) is 24.6 Å². The molecule has 20 heavy (non-hydrogen) atoms. The summed E-state index contributed by atoms with van der Waals surface area (Å²) in [4.78, 5) is 23.4. The molecule has 1 aromatic rings. The van der Waals surface area contributed by atoms with Crippen molar-refractivity contribution in [1.29, 1.82) is 0 Å². The number of likely N-dealkylation sites (N-methyl/N-ethyl adjacent to an activating group) is 1. The van der Waals surface area contributed by atoms with Gasteiger partial charge in [0.25, 0.3) is 5.69 Å². The summed E-state index contributed by atoms with van der Waals surface area (Å²) < 4.78 is 5.58. The lowest BCUT2D eigenvalue weighted by molar-refractivity contribution is -0.384. The Labute approximate surface area is 117 Å². The van der Waals surface area contributed by atoms with E-state index < -0.39 is 4.92 Å². The van der Waals surface area contributed by atoms with Crippen LogP contribution in [0.2, 0.25) is 0 Å². The van der Waals surface area contributed by atoms with E-state index in [1.807, 2.05) is 11.8 Å². The van der Waals surface area contributed by atoms with Crippen LogP contribution >= 0.6 is 0 Å². The largest absolute Gasteiger partial charge is 0.376 e. The number of nitrogens with zero attached hydrogens (tertiary/aromatic N) is 2. The maximum Gasteiger partial charge on any atom is 0.293 e. The van der Waals surface area contributed by atoms with E-state index in [0.717, 1.165) is 19.4 Å². The van der Waals surface area contributed by atoms with Gasteiger partial charge in [-0.3, -0.25) is 14.9 Å². The molecule has 108 valence electrons. The zero-order chi connectivity index (χ0) is 14.5. The van der Waals surface area contributed by atoms with Gasteiger partial charge in [-0.15, -0.1) is 0 Å². The molecular formula is C14H18N2O4. The van der Waals surface area contributed by atoms with Crippen LogP contribution in [-0.4, -0.2) is 37.0 Å². The normalized spacial score (nSPS) is 17.9. The highest BCUT2D eigenvalue weighted by atomic mass is 16.6. The van der Waals surface area contributed by atoms with Gasteiger partial charge in [-0.2, -0.15) is 0 Å². The minimum atomic E-state index is -0.444. The van der Waals surface area contributed by atoms with Crippen LogP contribution in [0, 0.1) is 10.1 Å². The Morgan fingerprint density at radius 2 is 2.35 bits per heavy atom. The summed E-state index contributed by atoms with van der Waals surface area (Å²) in [6, 6.07) is 4.56. The van der Waals surface area contributed by atoms with Crippen molar-refractivity contribution in [3.05, 3.63) is 33.9 Å². The molecule has 0 aromatic heterocycles. The molecule has 1 aromatic carbocycles. The van der Waals surface area contributed by atoms with Crippen molar-refractivity contribution in [2.24, 2.45) is 0 Å². The van der Waals surface area contributed by atoms with Gasteiger partial charge in [0.15, 0.2) is 0 Å². The molecule has 1 atom stereocenters. The molecule has 0 saturated carbocycles. The molecule has 1 aliphatic rings. The second-order valence-electron chi connectivity index (χ2n) is 4.80. The van der Waals surface area contributed by atoms with Gasteiger partial charge in [-0.25, -0.2) is 0 Å². The molecule has 0 radical (unpaired) electrons. The summed E-state index contributed by atoms with van der Waals surface area (Å²) >= 11 is 0. The summed E-state index contributed by atoms with van der Waals surface area (Å²) in [5, 5.41) is 11.2. The molecule has 0 bridgehead atoms. The number of rotatable bonds is 6. The number of nitro groups is 1. The van der Waals surface area contributed by atoms with E-state index in [1.54, 1.807) is 12.1 Å². The number of anilines is 1. The number of aldehydes is 1. The zero-order valence-electron chi connectivity index (χ0n) is 11.4. The molecule has 0 spiro atoms. The molecule has 0 amide bonds. The molecule has 6 heteroatoms. The fourth-order valence-electron chi connectivity index (χ4n) is 2.46. The highest BCUT2D eigenvalue weighted by Crippen LogP contribution is 2.30. The van der Waals surface area contributed by atoms with Crippen LogP contribution < -0.4 is 4.90 Å². The smallest absolute Gasteiger partial charge is 0.293 e. The molecular weight excluding hydrogens is 260 g/mol. The molecule has 1 aliphatic heterocycles. The van der Waals surface area contributed by atoms with Crippen molar-refractivity contribution in [3.8, 4) is 0 Å². The zero-order valence-corrected chi connectivity index (χ0v) is 11.4. The Morgan fingerprint density at radius 3 is 2.90 bits per heavy atom. The Hall–Kier alpha value is -1.95. The number of carbonyl (C=O) groups is 1. The third kappa shape index (κ3) is 3.14. The molecule has 1 unspecified atom stereocenters. The summed E-state index contributed by atoms with van der Waals surface area (Å²) in [7, 11) is 0. The van der Waals surface area contributed by atoms with Crippen LogP contribution in [-0.2, 0) is 4.74 Å². The van der Waals surface area contributed by atoms with Crippen molar-refractivity contribution in [1.82, 2.24) is 0 Å². The minimum absolute atomic E-state index is 0.0329. The maximum absolute atomic E-state index is 11.2. The van der Waals surface area contributed by atoms with Crippen LogP contribution in [0.15, 0.2) is 18.2 Å². The van der Waals surface area contributed by atoms with Gasteiger partial charge in [0, 0.05) is 31.3 Å². The Balaban J connectivity index is 2.27. The standard InChI is InChI=1S/C14H18N2O4/c1-2-15(9-12-4-3-7-20-12)13-6-5-11(10-17)8-14(13)16(18)19/h5-6,8,10,12H,2-4,7,9H2,1H3. The lowest BCUT2D eigenvalue weighted by Gasteiger charge is -2.25. The fourth-order valence-corrected chi connectivity index (χ4v) is 2.46. The van der Waals surface area contributed by atoms with Crippen molar-refractivity contribution in [2.45, 2.75) is 25.9 Å². The lowest BCUT2D eigenvalue weighted by atomic mass is 10.1. The van der Waals surface area contributed by atoms with Crippen LogP contribution in [0.3, 0.4) is 0 Å². The first-order valence-electron chi connectivity index (χ1n) is 6.76. The van der Waals surface area contributed by atoms with Crippen molar-refractivity contribution in [3.63, 3.8) is 0 Å². The first kappa shape index (κ1) is 14.5. The fraction of sp³-hybridized carbons (Fsp3) is 0.500. The highest BCUT2D eigenvalue weighted by Gasteiger charge is 2.24. The number of hydrogen-bond donors (Lipinski definition) is 0. The maximum atomic E-state index is 11.2. The first-order chi connectivity index (χ1) is 9.65. The first-order valence-corrected chi connectivity index (χ1v) is 6.76. The molecule has 0 aliphatic carbocycles. The topological polar surface area (TPSA) is 72.7 Å². The third-order valence-electron chi connectivity index (χ3n) is 3.50. The van der Waals surface area contributed by atoms with E-state index in [0.29, 0.717) is 30.6 Å². The lowest BCUT2D eigenvalue weighted by Crippen LogP contribution is -2.32. The second kappa shape index (κ2) is 6.47. The third-order valence-corrected chi connectivity index (χ3v) is 3.50. The Morgan fingerprint density at radius 1 is 1.55 bits per heavy atom. The summed E-state index contributed by atoms with van der Waals surface area (Å²) in [6.45, 7) is 4.00. The minimum Gasteiger partial charge on any atom is -0.376 e. The number of hydrogen-bond acceptors (Lipinski definition) is 5. The summed E-state index contributed by atoms with van der Waals surface area (Å²) in [6.07, 6.45) is 2.76. The number of carbonyl (C=O) groups excluding carboxylic acids is 1. The van der Waals surface area contributed by atoms with Crippen molar-refractivity contribution < 1.29 is 14.5 Å². The molecule has 6 nitrogen and oxygen atoms in total. The summed E-state index contributed by atoms with van der Waals surface area (Å²) in [5.74, 6) is 0. The van der Waals surface area contributed by atoms with E-state index in [9.17, 15) is 14.9 Å². The number of nitro benzene ring substituents is 1. The average Bonchev–Trinajstić information content (AvgIpc) is 2.97. The van der Waals surface area contributed by atoms with Gasteiger partial charge in [0.2, 0.25) is 0 Å². The Kier molecular flexibility index (Phi) is 4.68. The van der Waals surface area contributed by atoms with E-state index in [1.165, 1.54) is 6.07 Å². The van der Waals surface area contributed by atoms with Crippen molar-refractivity contribution >= 4 is 17.7 Å². The van der Waals surface area contributed by atoms with Gasteiger partial charge in [0.1, 0.15) is 12.0 Å². The van der Waals surface area contributed by atoms with E-state index in [4.69, 9.17) is 4.74 Å². The SMILES string of the molecule is CCN(CC1CCCO1)c1ccc(C=O)cc1[N+](=O)[O-]. The van der Waals surface area contributed by atoms with Crippen LogP contribution in [0.4, 0.5) is 11.4 Å². The molecule has 1 heterocycles. The Bertz CT molecular complexity index is 498. The van der Waals surface area contributed by atoms with Crippen LogP contribution in [0.25, 0.3) is 0 Å². The molecule has 1 fully saturated rings. The average molecular weight is 278 g/mol. The van der Waals surface area contributed by atoms with E-state index >= 15 is 0 Å². The van der Waals surface area contributed by atoms with Gasteiger partial charge >= 0.3 is 0 Å². The number of benzene rings is 1. The van der Waals surface area contributed by atoms with Gasteiger partial charge in [0.05, 0.1) is 11.0 Å². The molecule has 2 rings (SSSR count). The van der Waals surface area contributed by atoms with Gasteiger partial charge in [-0.05, 0) is 31.9 Å². The highest BCUT2D eigenvalue weighted by molar-refractivity contribution is 5.79. The predicted molar refractivity (Wildman–Crippen MR) is 75.3 cm³/mol. The monoisotopic (exact) mass is 278 g/mol. The molecule has 1 saturated heterocycles. The van der Waals surface area contributed by atoms with E-state index in [2.05, 4.69) is 0 Å². The van der Waals surface area contributed by atoms with Gasteiger partial charge in [-0.1, -0.05) is 0 Å². The summed E-state index contributed by atoms with van der Waals surface area (Å²) in [5.41, 5.74) is 0.821. The van der Waals surface area contributed by atoms with Crippen LogP contribution in [0.5, 0.6) is 0 Å². The van der Waals surface area contributed by atoms with E-state index in [-0.39, 0.29) is 11.8 Å².